The second-order valence-corrected chi connectivity index (χ2v) is 5.33. The highest BCUT2D eigenvalue weighted by Gasteiger charge is 2.53. The molecule has 10 heteroatoms. The zero-order chi connectivity index (χ0) is 19.1. The van der Waals surface area contributed by atoms with Crippen LogP contribution in [0.1, 0.15) is 19.4 Å². The minimum Gasteiger partial charge on any atom is -0.478 e. The van der Waals surface area contributed by atoms with E-state index in [2.05, 4.69) is 0 Å². The Kier molecular flexibility index (Phi) is 4.34. The highest BCUT2D eigenvalue weighted by molar-refractivity contribution is 6.00. The largest absolute Gasteiger partial charge is 0.478 e. The summed E-state index contributed by atoms with van der Waals surface area (Å²) in [5, 5.41) is 51.8. The summed E-state index contributed by atoms with van der Waals surface area (Å²) >= 11 is 0. The predicted octanol–water partition coefficient (Wildman–Crippen LogP) is 1.20. The fourth-order valence-corrected chi connectivity index (χ4v) is 2.94. The molecule has 1 heterocycles. The van der Waals surface area contributed by atoms with Gasteiger partial charge in [0, 0.05) is 6.07 Å². The molecule has 1 aliphatic heterocycles. The van der Waals surface area contributed by atoms with Gasteiger partial charge in [-0.25, -0.2) is 14.7 Å². The number of carbonyl (C=O) groups is 2. The molecule has 0 radical (unpaired) electrons. The Hall–Kier alpha value is -3.24. The zero-order valence-electron chi connectivity index (χ0n) is 13.1. The lowest BCUT2D eigenvalue weighted by molar-refractivity contribution is -0.386. The molecule has 0 saturated carbocycles. The Morgan fingerprint density at radius 2 is 1.52 bits per heavy atom. The number of carboxylic acids is 2. The van der Waals surface area contributed by atoms with Crippen molar-refractivity contribution in [2.45, 2.75) is 19.4 Å². The maximum atomic E-state index is 11.7. The monoisotopic (exact) mass is 350 g/mol. The van der Waals surface area contributed by atoms with Crippen molar-refractivity contribution in [2.75, 3.05) is 0 Å². The summed E-state index contributed by atoms with van der Waals surface area (Å²) in [4.78, 5) is 33.9. The number of nitrogens with zero attached hydrogens (tertiary/aromatic N) is 2. The number of aliphatic carboxylic acids is 2. The lowest BCUT2D eigenvalue weighted by atomic mass is 9.75. The van der Waals surface area contributed by atoms with E-state index in [4.69, 9.17) is 0 Å². The number of carboxylic acid groups (broad SMARTS) is 2. The third-order valence-corrected chi connectivity index (χ3v) is 4.00. The molecule has 0 spiro atoms. The van der Waals surface area contributed by atoms with Crippen molar-refractivity contribution in [3.63, 3.8) is 0 Å². The normalized spacial score (nSPS) is 16.9. The van der Waals surface area contributed by atoms with Gasteiger partial charge in [-0.05, 0) is 19.9 Å². The first-order chi connectivity index (χ1) is 11.5. The lowest BCUT2D eigenvalue weighted by Gasteiger charge is -2.38. The maximum absolute atomic E-state index is 11.7. The van der Waals surface area contributed by atoms with E-state index in [1.165, 1.54) is 12.1 Å². The summed E-state index contributed by atoms with van der Waals surface area (Å²) in [5.74, 6) is -3.47. The van der Waals surface area contributed by atoms with Gasteiger partial charge < -0.3 is 15.3 Å². The average Bonchev–Trinajstić information content (AvgIpc) is 2.52. The lowest BCUT2D eigenvalue weighted by Crippen LogP contribution is -2.45. The molecule has 0 unspecified atom stereocenters. The van der Waals surface area contributed by atoms with Crippen LogP contribution >= 0.6 is 0 Å². The Balaban J connectivity index is 3.01. The minimum absolute atomic E-state index is 0.316. The summed E-state index contributed by atoms with van der Waals surface area (Å²) in [7, 11) is 0. The van der Waals surface area contributed by atoms with Crippen LogP contribution < -0.4 is 0 Å². The smallest absolute Gasteiger partial charge is 0.337 e. The van der Waals surface area contributed by atoms with E-state index in [9.17, 15) is 40.2 Å². The van der Waals surface area contributed by atoms with Gasteiger partial charge in [-0.1, -0.05) is 12.1 Å². The summed E-state index contributed by atoms with van der Waals surface area (Å²) in [6.07, 6.45) is 0. The first-order valence-electron chi connectivity index (χ1n) is 6.89. The predicted molar refractivity (Wildman–Crippen MR) is 81.3 cm³/mol. The Labute approximate surface area is 140 Å². The molecule has 0 fully saturated rings. The number of hydrogen-bond donors (Lipinski definition) is 4. The Bertz CT molecular complexity index is 817. The van der Waals surface area contributed by atoms with Gasteiger partial charge in [-0.2, -0.15) is 0 Å². The molecule has 0 aliphatic carbocycles. The topological polar surface area (TPSA) is 161 Å². The molecule has 10 nitrogen and oxygen atoms in total. The number of aliphatic hydroxyl groups is 1. The number of hydrogen-bond acceptors (Lipinski definition) is 7. The van der Waals surface area contributed by atoms with Gasteiger partial charge in [-0.15, -0.1) is 0 Å². The van der Waals surface area contributed by atoms with Crippen LogP contribution in [0.4, 0.5) is 5.69 Å². The Morgan fingerprint density at radius 1 is 1.08 bits per heavy atom. The van der Waals surface area contributed by atoms with Gasteiger partial charge in [0.1, 0.15) is 0 Å². The molecule has 1 aromatic rings. The van der Waals surface area contributed by atoms with Crippen molar-refractivity contribution in [3.8, 4) is 0 Å². The van der Waals surface area contributed by atoms with Gasteiger partial charge in [0.15, 0.2) is 5.60 Å². The number of benzene rings is 1. The van der Waals surface area contributed by atoms with Crippen molar-refractivity contribution < 1.29 is 35.0 Å². The average molecular weight is 350 g/mol. The molecule has 0 amide bonds. The molecule has 0 atom stereocenters. The van der Waals surface area contributed by atoms with Crippen LogP contribution in [0.25, 0.3) is 0 Å². The van der Waals surface area contributed by atoms with Crippen molar-refractivity contribution in [1.82, 2.24) is 5.06 Å². The Morgan fingerprint density at radius 3 is 1.92 bits per heavy atom. The molecular formula is C15H14N2O8. The molecule has 2 rings (SSSR count). The van der Waals surface area contributed by atoms with Crippen LogP contribution in [-0.2, 0) is 15.2 Å². The fourth-order valence-electron chi connectivity index (χ4n) is 2.94. The SMILES string of the molecule is CC1=C(C(=O)O)C(O)(c2ccccc2[N+](=O)[O-])C(C(=O)O)=C(C)N1O. The molecule has 0 aromatic heterocycles. The van der Waals surface area contributed by atoms with Crippen molar-refractivity contribution in [3.05, 3.63) is 62.5 Å². The van der Waals surface area contributed by atoms with Gasteiger partial charge in [-0.3, -0.25) is 15.3 Å². The minimum atomic E-state index is -2.84. The number of nitro benzene ring substituents is 1. The molecule has 132 valence electrons. The summed E-state index contributed by atoms with van der Waals surface area (Å²) in [6.45, 7) is 2.29. The third kappa shape index (κ3) is 2.53. The van der Waals surface area contributed by atoms with Crippen LogP contribution in [0.15, 0.2) is 46.8 Å². The zero-order valence-corrected chi connectivity index (χ0v) is 13.1. The number of nitro groups is 1. The highest BCUT2D eigenvalue weighted by Crippen LogP contribution is 2.47. The van der Waals surface area contributed by atoms with Crippen LogP contribution in [0.5, 0.6) is 0 Å². The second kappa shape index (κ2) is 6.00. The van der Waals surface area contributed by atoms with Gasteiger partial charge in [0.05, 0.1) is 33.0 Å². The van der Waals surface area contributed by atoms with Gasteiger partial charge in [0.2, 0.25) is 0 Å². The molecule has 4 N–H and O–H groups in total. The van der Waals surface area contributed by atoms with Crippen LogP contribution in [0, 0.1) is 10.1 Å². The first-order valence-corrected chi connectivity index (χ1v) is 6.89. The quantitative estimate of drug-likeness (QED) is 0.462. The third-order valence-electron chi connectivity index (χ3n) is 4.00. The standard InChI is InChI=1S/C15H14N2O8/c1-7-11(13(18)19)15(22,12(14(20)21)8(2)16(7)23)9-5-3-4-6-10(9)17(24)25/h3-6,22-23H,1-2H3,(H,18,19)(H,20,21). The van der Waals surface area contributed by atoms with E-state index in [-0.39, 0.29) is 11.4 Å². The number of hydroxylamine groups is 2. The van der Waals surface area contributed by atoms with Gasteiger partial charge >= 0.3 is 11.9 Å². The number of allylic oxidation sites excluding steroid dienone is 2. The van der Waals surface area contributed by atoms with E-state index in [0.717, 1.165) is 26.0 Å². The van der Waals surface area contributed by atoms with Crippen molar-refractivity contribution in [1.29, 1.82) is 0 Å². The molecule has 25 heavy (non-hydrogen) atoms. The highest BCUT2D eigenvalue weighted by atomic mass is 16.6. The molecule has 1 aromatic carbocycles. The molecular weight excluding hydrogens is 336 g/mol. The summed E-state index contributed by atoms with van der Waals surface area (Å²) < 4.78 is 0. The van der Waals surface area contributed by atoms with E-state index >= 15 is 0 Å². The fraction of sp³-hybridized carbons (Fsp3) is 0.200. The summed E-state index contributed by atoms with van der Waals surface area (Å²) in [5.41, 5.74) is -6.55. The number of rotatable bonds is 4. The van der Waals surface area contributed by atoms with E-state index in [0.29, 0.717) is 5.06 Å². The van der Waals surface area contributed by atoms with E-state index < -0.39 is 44.9 Å². The van der Waals surface area contributed by atoms with E-state index in [1.54, 1.807) is 0 Å². The van der Waals surface area contributed by atoms with Crippen LogP contribution in [0.3, 0.4) is 0 Å². The van der Waals surface area contributed by atoms with Gasteiger partial charge in [0.25, 0.3) is 5.69 Å². The number of para-hydroxylation sites is 1. The molecule has 0 saturated heterocycles. The van der Waals surface area contributed by atoms with E-state index in [1.807, 2.05) is 0 Å². The molecule has 0 bridgehead atoms. The first kappa shape index (κ1) is 18.1. The summed E-state index contributed by atoms with van der Waals surface area (Å²) in [6, 6.07) is 4.68. The second-order valence-electron chi connectivity index (χ2n) is 5.33. The molecule has 1 aliphatic rings. The van der Waals surface area contributed by atoms with Crippen molar-refractivity contribution >= 4 is 17.6 Å². The van der Waals surface area contributed by atoms with Crippen LogP contribution in [0.2, 0.25) is 0 Å². The van der Waals surface area contributed by atoms with Crippen LogP contribution in [-0.4, -0.2) is 42.5 Å². The van der Waals surface area contributed by atoms with Crippen molar-refractivity contribution in [2.24, 2.45) is 0 Å². The maximum Gasteiger partial charge on any atom is 0.337 e.